The van der Waals surface area contributed by atoms with Crippen LogP contribution in [0.5, 0.6) is 0 Å². The number of carbonyl (C=O) groups is 1. The maximum absolute atomic E-state index is 10.9. The number of aryl methyl sites for hydroxylation is 1. The summed E-state index contributed by atoms with van der Waals surface area (Å²) in [5.41, 5.74) is 8.33. The standard InChI is InChI=1S/C19H26N4O/c1-3-4-5-19-21-16-12-14(7-9-18(20)24)6-8-17(16)23(19)15-10-11-22(2)13-15/h6-9,12,15H,3-5,10-11,13H2,1-2H3,(H2,20,24)/b9-7+. The van der Waals surface area contributed by atoms with Crippen molar-refractivity contribution >= 4 is 23.0 Å². The molecular weight excluding hydrogens is 300 g/mol. The Kier molecular flexibility index (Phi) is 5.00. The molecule has 1 unspecified atom stereocenters. The molecule has 0 aliphatic carbocycles. The lowest BCUT2D eigenvalue weighted by Gasteiger charge is -2.17. The average molecular weight is 326 g/mol. The van der Waals surface area contributed by atoms with Gasteiger partial charge in [-0.3, -0.25) is 4.79 Å². The van der Waals surface area contributed by atoms with Gasteiger partial charge in [0.1, 0.15) is 5.82 Å². The summed E-state index contributed by atoms with van der Waals surface area (Å²) in [5.74, 6) is 0.751. The molecule has 1 atom stereocenters. The number of fused-ring (bicyclic) bond motifs is 1. The average Bonchev–Trinajstić information content (AvgIpc) is 3.13. The first-order valence-corrected chi connectivity index (χ1v) is 8.75. The van der Waals surface area contributed by atoms with Crippen LogP contribution in [0.25, 0.3) is 17.1 Å². The summed E-state index contributed by atoms with van der Waals surface area (Å²) in [4.78, 5) is 18.2. The zero-order chi connectivity index (χ0) is 17.1. The second kappa shape index (κ2) is 7.18. The van der Waals surface area contributed by atoms with Gasteiger partial charge in [0.25, 0.3) is 0 Å². The molecule has 0 saturated carbocycles. The highest BCUT2D eigenvalue weighted by Crippen LogP contribution is 2.29. The van der Waals surface area contributed by atoms with Gasteiger partial charge >= 0.3 is 0 Å². The number of hydrogen-bond donors (Lipinski definition) is 1. The van der Waals surface area contributed by atoms with E-state index >= 15 is 0 Å². The van der Waals surface area contributed by atoms with Gasteiger partial charge in [0, 0.05) is 25.1 Å². The monoisotopic (exact) mass is 326 g/mol. The van der Waals surface area contributed by atoms with E-state index in [2.05, 4.69) is 29.5 Å². The molecular formula is C19H26N4O. The van der Waals surface area contributed by atoms with Crippen LogP contribution >= 0.6 is 0 Å². The van der Waals surface area contributed by atoms with E-state index in [1.807, 2.05) is 12.1 Å². The molecule has 2 heterocycles. The second-order valence-electron chi connectivity index (χ2n) is 6.69. The molecule has 0 bridgehead atoms. The molecule has 24 heavy (non-hydrogen) atoms. The molecule has 2 N–H and O–H groups in total. The van der Waals surface area contributed by atoms with Gasteiger partial charge in [0.05, 0.1) is 11.0 Å². The molecule has 2 aromatic rings. The van der Waals surface area contributed by atoms with Crippen LogP contribution < -0.4 is 5.73 Å². The van der Waals surface area contributed by atoms with Gasteiger partial charge < -0.3 is 15.2 Å². The van der Waals surface area contributed by atoms with E-state index in [0.717, 1.165) is 37.0 Å². The van der Waals surface area contributed by atoms with E-state index in [4.69, 9.17) is 10.7 Å². The molecule has 1 aliphatic heterocycles. The topological polar surface area (TPSA) is 64.1 Å². The number of rotatable bonds is 6. The summed E-state index contributed by atoms with van der Waals surface area (Å²) in [7, 11) is 2.18. The fourth-order valence-electron chi connectivity index (χ4n) is 3.49. The highest BCUT2D eigenvalue weighted by molar-refractivity contribution is 5.91. The molecule has 1 saturated heterocycles. The van der Waals surface area contributed by atoms with Gasteiger partial charge in [-0.1, -0.05) is 19.4 Å². The lowest BCUT2D eigenvalue weighted by molar-refractivity contribution is -0.113. The first-order chi connectivity index (χ1) is 11.6. The maximum atomic E-state index is 10.9. The Balaban J connectivity index is 2.01. The van der Waals surface area contributed by atoms with Crippen LogP contribution in [0.3, 0.4) is 0 Å². The van der Waals surface area contributed by atoms with Crippen molar-refractivity contribution in [2.45, 2.75) is 38.6 Å². The highest BCUT2D eigenvalue weighted by Gasteiger charge is 2.25. The summed E-state index contributed by atoms with van der Waals surface area (Å²) in [6, 6.07) is 6.69. The van der Waals surface area contributed by atoms with Crippen molar-refractivity contribution in [3.8, 4) is 0 Å². The molecule has 5 heteroatoms. The molecule has 1 aliphatic rings. The first kappa shape index (κ1) is 16.7. The zero-order valence-electron chi connectivity index (χ0n) is 14.5. The summed E-state index contributed by atoms with van der Waals surface area (Å²) >= 11 is 0. The minimum atomic E-state index is -0.432. The van der Waals surface area contributed by atoms with Crippen LogP contribution in [-0.2, 0) is 11.2 Å². The molecule has 1 amide bonds. The lowest BCUT2D eigenvalue weighted by Crippen LogP contribution is -2.18. The fraction of sp³-hybridized carbons (Fsp3) is 0.474. The summed E-state index contributed by atoms with van der Waals surface area (Å²) in [6.45, 7) is 4.42. The van der Waals surface area contributed by atoms with E-state index in [1.54, 1.807) is 6.08 Å². The molecule has 3 rings (SSSR count). The smallest absolute Gasteiger partial charge is 0.241 e. The number of unbranched alkanes of at least 4 members (excludes halogenated alkanes) is 1. The van der Waals surface area contributed by atoms with Crippen LogP contribution in [-0.4, -0.2) is 40.5 Å². The maximum Gasteiger partial charge on any atom is 0.241 e. The van der Waals surface area contributed by atoms with Crippen LogP contribution in [0.4, 0.5) is 0 Å². The normalized spacial score (nSPS) is 18.8. The van der Waals surface area contributed by atoms with Gasteiger partial charge in [0.15, 0.2) is 0 Å². The fourth-order valence-corrected chi connectivity index (χ4v) is 3.49. The third-order valence-corrected chi connectivity index (χ3v) is 4.71. The van der Waals surface area contributed by atoms with Crippen LogP contribution in [0.2, 0.25) is 0 Å². The number of likely N-dealkylation sites (N-methyl/N-ethyl adjacent to an activating group) is 1. The number of nitrogens with zero attached hydrogens (tertiary/aromatic N) is 3. The number of benzene rings is 1. The van der Waals surface area contributed by atoms with Gasteiger partial charge in [-0.25, -0.2) is 4.98 Å². The number of hydrogen-bond acceptors (Lipinski definition) is 3. The Morgan fingerprint density at radius 1 is 1.46 bits per heavy atom. The Morgan fingerprint density at radius 2 is 2.29 bits per heavy atom. The van der Waals surface area contributed by atoms with Crippen LogP contribution in [0.1, 0.15) is 43.6 Å². The quantitative estimate of drug-likeness (QED) is 0.830. The van der Waals surface area contributed by atoms with Crippen molar-refractivity contribution in [3.63, 3.8) is 0 Å². The minimum absolute atomic E-state index is 0.432. The Morgan fingerprint density at radius 3 is 2.96 bits per heavy atom. The third-order valence-electron chi connectivity index (χ3n) is 4.71. The van der Waals surface area contributed by atoms with Crippen molar-refractivity contribution in [1.29, 1.82) is 0 Å². The summed E-state index contributed by atoms with van der Waals surface area (Å²) in [6.07, 6.45) is 7.64. The predicted molar refractivity (Wildman–Crippen MR) is 97.7 cm³/mol. The SMILES string of the molecule is CCCCc1nc2cc(/C=C/C(N)=O)ccc2n1C1CCN(C)C1. The number of carbonyl (C=O) groups excluding carboxylic acids is 1. The Labute approximate surface area is 143 Å². The van der Waals surface area contributed by atoms with Crippen LogP contribution in [0.15, 0.2) is 24.3 Å². The summed E-state index contributed by atoms with van der Waals surface area (Å²) < 4.78 is 2.44. The van der Waals surface area contributed by atoms with E-state index in [9.17, 15) is 4.79 Å². The molecule has 1 aromatic carbocycles. The Hall–Kier alpha value is -2.14. The molecule has 0 radical (unpaired) electrons. The lowest BCUT2D eigenvalue weighted by atomic mass is 10.1. The minimum Gasteiger partial charge on any atom is -0.366 e. The van der Waals surface area contributed by atoms with E-state index in [1.165, 1.54) is 30.3 Å². The predicted octanol–water partition coefficient (Wildman–Crippen LogP) is 2.75. The molecule has 128 valence electrons. The number of amides is 1. The van der Waals surface area contributed by atoms with Crippen molar-refractivity contribution in [2.75, 3.05) is 20.1 Å². The summed E-state index contributed by atoms with van der Waals surface area (Å²) in [5, 5.41) is 0. The highest BCUT2D eigenvalue weighted by atomic mass is 16.1. The van der Waals surface area contributed by atoms with Gasteiger partial charge in [0.2, 0.25) is 5.91 Å². The zero-order valence-corrected chi connectivity index (χ0v) is 14.5. The molecule has 5 nitrogen and oxygen atoms in total. The molecule has 0 spiro atoms. The van der Waals surface area contributed by atoms with Crippen molar-refractivity contribution in [3.05, 3.63) is 35.7 Å². The first-order valence-electron chi connectivity index (χ1n) is 8.75. The van der Waals surface area contributed by atoms with Gasteiger partial charge in [-0.2, -0.15) is 0 Å². The van der Waals surface area contributed by atoms with Gasteiger partial charge in [-0.15, -0.1) is 0 Å². The van der Waals surface area contributed by atoms with E-state index < -0.39 is 5.91 Å². The Bertz CT molecular complexity index is 762. The molecule has 1 fully saturated rings. The largest absolute Gasteiger partial charge is 0.366 e. The number of aromatic nitrogens is 2. The third kappa shape index (κ3) is 3.51. The van der Waals surface area contributed by atoms with E-state index in [-0.39, 0.29) is 0 Å². The number of imidazole rings is 1. The van der Waals surface area contributed by atoms with Crippen molar-refractivity contribution in [2.24, 2.45) is 5.73 Å². The second-order valence-corrected chi connectivity index (χ2v) is 6.69. The van der Waals surface area contributed by atoms with Crippen molar-refractivity contribution < 1.29 is 4.79 Å². The number of likely N-dealkylation sites (tertiary alicyclic amines) is 1. The van der Waals surface area contributed by atoms with E-state index in [0.29, 0.717) is 6.04 Å². The van der Waals surface area contributed by atoms with Gasteiger partial charge in [-0.05, 0) is 50.2 Å². The number of nitrogens with two attached hydrogens (primary N) is 1. The number of primary amides is 1. The van der Waals surface area contributed by atoms with Crippen LogP contribution in [0, 0.1) is 0 Å². The van der Waals surface area contributed by atoms with Crippen molar-refractivity contribution in [1.82, 2.24) is 14.5 Å². The molecule has 1 aromatic heterocycles.